The highest BCUT2D eigenvalue weighted by Crippen LogP contribution is 2.08. The predicted octanol–water partition coefficient (Wildman–Crippen LogP) is 2.79. The van der Waals surface area contributed by atoms with Crippen LogP contribution >= 0.6 is 0 Å². The quantitative estimate of drug-likeness (QED) is 0.731. The second kappa shape index (κ2) is 4.60. The maximum atomic E-state index is 4.34. The standard InChI is InChI=1S/C8H9N3.C2H6.H2/c1-2-8-10-6-3-4-9-5-7(6)11-8;1-2;/h3-5H,2H2,1H3,(H,10,11);1-2H3;1H. The van der Waals surface area contributed by atoms with Gasteiger partial charge in [0.25, 0.3) is 0 Å². The molecule has 0 unspecified atom stereocenters. The number of aromatic nitrogens is 3. The lowest BCUT2D eigenvalue weighted by molar-refractivity contribution is 1.00. The van der Waals surface area contributed by atoms with E-state index in [9.17, 15) is 0 Å². The smallest absolute Gasteiger partial charge is 0.106 e. The van der Waals surface area contributed by atoms with Crippen molar-refractivity contribution in [2.24, 2.45) is 0 Å². The van der Waals surface area contributed by atoms with Crippen LogP contribution in [0.2, 0.25) is 0 Å². The van der Waals surface area contributed by atoms with E-state index in [1.54, 1.807) is 12.4 Å². The Bertz CT molecular complexity index is 337. The molecule has 0 aliphatic heterocycles. The second-order valence-electron chi connectivity index (χ2n) is 2.43. The largest absolute Gasteiger partial charge is 0.341 e. The molecule has 13 heavy (non-hydrogen) atoms. The van der Waals surface area contributed by atoms with E-state index in [0.717, 1.165) is 23.3 Å². The fourth-order valence-electron chi connectivity index (χ4n) is 1.08. The first kappa shape index (κ1) is 9.71. The van der Waals surface area contributed by atoms with Gasteiger partial charge in [0.1, 0.15) is 5.82 Å². The Morgan fingerprint density at radius 1 is 1.46 bits per heavy atom. The van der Waals surface area contributed by atoms with Crippen molar-refractivity contribution in [1.82, 2.24) is 15.0 Å². The second-order valence-corrected chi connectivity index (χ2v) is 2.43. The van der Waals surface area contributed by atoms with Crippen molar-refractivity contribution in [3.8, 4) is 0 Å². The summed E-state index contributed by atoms with van der Waals surface area (Å²) in [6.07, 6.45) is 4.48. The lowest BCUT2D eigenvalue weighted by Crippen LogP contribution is -1.79. The molecule has 0 spiro atoms. The topological polar surface area (TPSA) is 41.6 Å². The van der Waals surface area contributed by atoms with E-state index in [1.807, 2.05) is 19.9 Å². The molecule has 0 amide bonds. The Morgan fingerprint density at radius 2 is 2.23 bits per heavy atom. The van der Waals surface area contributed by atoms with Crippen LogP contribution in [0.25, 0.3) is 11.0 Å². The molecule has 2 aromatic rings. The normalized spacial score (nSPS) is 9.46. The molecule has 2 heterocycles. The zero-order chi connectivity index (χ0) is 9.68. The zero-order valence-electron chi connectivity index (χ0n) is 8.33. The van der Waals surface area contributed by atoms with Crippen LogP contribution < -0.4 is 0 Å². The van der Waals surface area contributed by atoms with Gasteiger partial charge in [-0.15, -0.1) is 0 Å². The molecule has 0 aliphatic rings. The van der Waals surface area contributed by atoms with Gasteiger partial charge in [0, 0.05) is 14.0 Å². The molecule has 1 N–H and O–H groups in total. The molecule has 0 radical (unpaired) electrons. The van der Waals surface area contributed by atoms with Crippen molar-refractivity contribution in [2.75, 3.05) is 0 Å². The van der Waals surface area contributed by atoms with Crippen molar-refractivity contribution >= 4 is 11.0 Å². The van der Waals surface area contributed by atoms with E-state index < -0.39 is 0 Å². The van der Waals surface area contributed by atoms with Gasteiger partial charge in [0.15, 0.2) is 0 Å². The molecule has 2 rings (SSSR count). The number of imidazole rings is 1. The maximum Gasteiger partial charge on any atom is 0.106 e. The summed E-state index contributed by atoms with van der Waals surface area (Å²) in [5.74, 6) is 1.02. The summed E-state index contributed by atoms with van der Waals surface area (Å²) >= 11 is 0. The van der Waals surface area contributed by atoms with Gasteiger partial charge >= 0.3 is 0 Å². The molecule has 0 fully saturated rings. The van der Waals surface area contributed by atoms with Crippen molar-refractivity contribution < 1.29 is 1.43 Å². The summed E-state index contributed by atoms with van der Waals surface area (Å²) in [4.78, 5) is 11.5. The Kier molecular flexibility index (Phi) is 3.43. The molecular weight excluding hydrogens is 162 g/mol. The minimum atomic E-state index is 0. The monoisotopic (exact) mass is 179 g/mol. The van der Waals surface area contributed by atoms with Crippen LogP contribution in [0.3, 0.4) is 0 Å². The van der Waals surface area contributed by atoms with Crippen molar-refractivity contribution in [2.45, 2.75) is 27.2 Å². The lowest BCUT2D eigenvalue weighted by atomic mass is 10.4. The number of rotatable bonds is 1. The first-order valence-electron chi connectivity index (χ1n) is 4.68. The molecule has 0 aromatic carbocycles. The Morgan fingerprint density at radius 3 is 2.85 bits per heavy atom. The lowest BCUT2D eigenvalue weighted by Gasteiger charge is -1.81. The molecule has 0 saturated heterocycles. The van der Waals surface area contributed by atoms with Crippen LogP contribution in [0.4, 0.5) is 0 Å². The van der Waals surface area contributed by atoms with Gasteiger partial charge in [-0.1, -0.05) is 20.8 Å². The van der Waals surface area contributed by atoms with Gasteiger partial charge in [-0.2, -0.15) is 0 Å². The van der Waals surface area contributed by atoms with Crippen LogP contribution in [0, 0.1) is 0 Å². The minimum absolute atomic E-state index is 0. The average Bonchev–Trinajstić information content (AvgIpc) is 2.63. The van der Waals surface area contributed by atoms with E-state index in [4.69, 9.17) is 0 Å². The van der Waals surface area contributed by atoms with Gasteiger partial charge in [0.2, 0.25) is 0 Å². The van der Waals surface area contributed by atoms with E-state index >= 15 is 0 Å². The molecule has 0 saturated carbocycles. The Labute approximate surface area is 79.7 Å². The fourth-order valence-corrected chi connectivity index (χ4v) is 1.08. The van der Waals surface area contributed by atoms with Crippen molar-refractivity contribution in [1.29, 1.82) is 0 Å². The maximum absolute atomic E-state index is 4.34. The predicted molar refractivity (Wildman–Crippen MR) is 56.7 cm³/mol. The number of nitrogens with zero attached hydrogens (tertiary/aromatic N) is 2. The SMILES string of the molecule is CC.CCc1nc2ccncc2[nH]1.[HH]. The zero-order valence-corrected chi connectivity index (χ0v) is 8.33. The summed E-state index contributed by atoms with van der Waals surface area (Å²) in [6.45, 7) is 6.07. The average molecular weight is 179 g/mol. The number of pyridine rings is 1. The van der Waals surface area contributed by atoms with Crippen LogP contribution in [0.15, 0.2) is 18.5 Å². The molecular formula is C10H17N3. The molecule has 3 heteroatoms. The third-order valence-electron chi connectivity index (χ3n) is 1.67. The summed E-state index contributed by atoms with van der Waals surface area (Å²) in [6, 6.07) is 1.91. The number of fused-ring (bicyclic) bond motifs is 1. The van der Waals surface area contributed by atoms with Gasteiger partial charge in [-0.05, 0) is 6.07 Å². The number of aromatic amines is 1. The number of hydrogen-bond acceptors (Lipinski definition) is 2. The summed E-state index contributed by atoms with van der Waals surface area (Å²) in [5.41, 5.74) is 2.02. The van der Waals surface area contributed by atoms with E-state index in [1.165, 1.54) is 0 Å². The third-order valence-corrected chi connectivity index (χ3v) is 1.67. The number of H-pyrrole nitrogens is 1. The van der Waals surface area contributed by atoms with Crippen molar-refractivity contribution in [3.05, 3.63) is 24.3 Å². The highest BCUT2D eigenvalue weighted by Gasteiger charge is 1.97. The van der Waals surface area contributed by atoms with Crippen LogP contribution in [0.1, 0.15) is 28.0 Å². The highest BCUT2D eigenvalue weighted by molar-refractivity contribution is 5.73. The van der Waals surface area contributed by atoms with Gasteiger partial charge in [-0.25, -0.2) is 4.98 Å². The molecule has 0 atom stereocenters. The first-order valence-corrected chi connectivity index (χ1v) is 4.68. The first-order chi connectivity index (χ1) is 6.40. The number of hydrogen-bond donors (Lipinski definition) is 1. The fraction of sp³-hybridized carbons (Fsp3) is 0.400. The number of aryl methyl sites for hydroxylation is 1. The Hall–Kier alpha value is -1.38. The summed E-state index contributed by atoms with van der Waals surface area (Å²) in [7, 11) is 0. The minimum Gasteiger partial charge on any atom is -0.341 e. The summed E-state index contributed by atoms with van der Waals surface area (Å²) in [5, 5.41) is 0. The van der Waals surface area contributed by atoms with E-state index in [2.05, 4.69) is 21.9 Å². The molecule has 0 aliphatic carbocycles. The van der Waals surface area contributed by atoms with Gasteiger partial charge in [-0.3, -0.25) is 4.98 Å². The molecule has 0 bridgehead atoms. The molecule has 72 valence electrons. The molecule has 3 nitrogen and oxygen atoms in total. The van der Waals surface area contributed by atoms with Crippen LogP contribution in [-0.2, 0) is 6.42 Å². The van der Waals surface area contributed by atoms with Crippen LogP contribution in [0.5, 0.6) is 0 Å². The number of nitrogens with one attached hydrogen (secondary N) is 1. The van der Waals surface area contributed by atoms with Gasteiger partial charge < -0.3 is 4.98 Å². The van der Waals surface area contributed by atoms with E-state index in [-0.39, 0.29) is 1.43 Å². The van der Waals surface area contributed by atoms with Crippen LogP contribution in [-0.4, -0.2) is 15.0 Å². The highest BCUT2D eigenvalue weighted by atomic mass is 14.9. The third kappa shape index (κ3) is 2.05. The van der Waals surface area contributed by atoms with Crippen molar-refractivity contribution in [3.63, 3.8) is 0 Å². The Balaban J connectivity index is 0.000000531. The molecule has 2 aromatic heterocycles. The van der Waals surface area contributed by atoms with E-state index in [0.29, 0.717) is 0 Å². The summed E-state index contributed by atoms with van der Waals surface area (Å²) < 4.78 is 0. The van der Waals surface area contributed by atoms with Gasteiger partial charge in [0.05, 0.1) is 17.2 Å².